The largest absolute Gasteiger partial charge is 0.441 e. The Hall–Kier alpha value is -2.93. The fourth-order valence-electron chi connectivity index (χ4n) is 3.24. The van der Waals surface area contributed by atoms with Gasteiger partial charge in [0.15, 0.2) is 11.0 Å². The average molecular weight is 398 g/mol. The van der Waals surface area contributed by atoms with Gasteiger partial charge in [0.2, 0.25) is 0 Å². The molecule has 0 unspecified atom stereocenters. The smallest absolute Gasteiger partial charge is 0.270 e. The maximum atomic E-state index is 13.1. The van der Waals surface area contributed by atoms with Gasteiger partial charge in [0, 0.05) is 19.2 Å². The second kappa shape index (κ2) is 7.98. The molecular weight excluding hydrogens is 374 g/mol. The number of aryl methyl sites for hydroxylation is 2. The number of nitrogens with zero attached hydrogens (tertiary/aromatic N) is 2. The van der Waals surface area contributed by atoms with Gasteiger partial charge in [0.05, 0.1) is 5.69 Å². The second-order valence-electron chi connectivity index (χ2n) is 6.65. The summed E-state index contributed by atoms with van der Waals surface area (Å²) in [6.07, 6.45) is 1.46. The van der Waals surface area contributed by atoms with Gasteiger partial charge < -0.3 is 9.32 Å². The number of benzene rings is 1. The van der Waals surface area contributed by atoms with Crippen molar-refractivity contribution in [1.29, 1.82) is 0 Å². The van der Waals surface area contributed by atoms with Crippen molar-refractivity contribution in [2.75, 3.05) is 22.9 Å². The highest BCUT2D eigenvalue weighted by Crippen LogP contribution is 2.26. The molecule has 0 aliphatic carbocycles. The highest BCUT2D eigenvalue weighted by atomic mass is 32.1. The topological polar surface area (TPSA) is 65.8 Å². The first-order valence-corrected chi connectivity index (χ1v) is 9.59. The minimum Gasteiger partial charge on any atom is -0.441 e. The predicted molar refractivity (Wildman–Crippen MR) is 114 cm³/mol. The lowest BCUT2D eigenvalue weighted by Crippen LogP contribution is -2.54. The van der Waals surface area contributed by atoms with Crippen LogP contribution in [0.3, 0.4) is 0 Å². The maximum Gasteiger partial charge on any atom is 0.270 e. The summed E-state index contributed by atoms with van der Waals surface area (Å²) in [5.74, 6) is 0.131. The van der Waals surface area contributed by atoms with Crippen molar-refractivity contribution in [3.05, 3.63) is 52.8 Å². The summed E-state index contributed by atoms with van der Waals surface area (Å²) in [5, 5.41) is 2.67. The Morgan fingerprint density at radius 3 is 2.36 bits per heavy atom. The van der Waals surface area contributed by atoms with E-state index in [0.717, 1.165) is 24.2 Å². The van der Waals surface area contributed by atoms with Crippen molar-refractivity contribution in [3.63, 3.8) is 0 Å². The molecule has 1 N–H and O–H groups in total. The fraction of sp³-hybridized carbons (Fsp3) is 0.286. The van der Waals surface area contributed by atoms with Gasteiger partial charge >= 0.3 is 0 Å². The van der Waals surface area contributed by atoms with Crippen molar-refractivity contribution in [2.24, 2.45) is 0 Å². The van der Waals surface area contributed by atoms with Crippen LogP contribution in [0, 0.1) is 13.8 Å². The lowest BCUT2D eigenvalue weighted by atomic mass is 10.1. The van der Waals surface area contributed by atoms with E-state index in [-0.39, 0.29) is 10.7 Å². The van der Waals surface area contributed by atoms with E-state index in [4.69, 9.17) is 16.6 Å². The fourth-order valence-corrected chi connectivity index (χ4v) is 3.52. The van der Waals surface area contributed by atoms with Gasteiger partial charge in [-0.1, -0.05) is 6.07 Å². The van der Waals surface area contributed by atoms with Crippen LogP contribution in [0.4, 0.5) is 11.6 Å². The Labute approximate surface area is 169 Å². The van der Waals surface area contributed by atoms with Crippen molar-refractivity contribution in [2.45, 2.75) is 27.7 Å². The first-order chi connectivity index (χ1) is 13.3. The van der Waals surface area contributed by atoms with E-state index in [1.54, 1.807) is 6.07 Å². The first-order valence-electron chi connectivity index (χ1n) is 9.18. The molecule has 1 aromatic heterocycles. The minimum atomic E-state index is -0.531. The van der Waals surface area contributed by atoms with E-state index in [1.165, 1.54) is 11.0 Å². The SMILES string of the molecule is CCN(CC)c1ccc(C=C2C(=O)NC(=S)N(c3cc(C)cc(C)c3)C2=O)o1. The second-order valence-corrected chi connectivity index (χ2v) is 7.04. The van der Waals surface area contributed by atoms with Crippen LogP contribution < -0.4 is 15.1 Å². The van der Waals surface area contributed by atoms with Crippen LogP contribution in [0.5, 0.6) is 0 Å². The molecule has 2 heterocycles. The third kappa shape index (κ3) is 3.84. The molecule has 0 saturated carbocycles. The van der Waals surface area contributed by atoms with Crippen LogP contribution in [0.25, 0.3) is 6.08 Å². The Morgan fingerprint density at radius 2 is 1.75 bits per heavy atom. The molecule has 1 aromatic carbocycles. The molecule has 0 radical (unpaired) electrons. The third-order valence-electron chi connectivity index (χ3n) is 4.54. The van der Waals surface area contributed by atoms with Crippen molar-refractivity contribution in [3.8, 4) is 0 Å². The zero-order valence-electron chi connectivity index (χ0n) is 16.4. The normalized spacial score (nSPS) is 15.9. The van der Waals surface area contributed by atoms with Crippen molar-refractivity contribution in [1.82, 2.24) is 5.32 Å². The molecule has 1 saturated heterocycles. The van der Waals surface area contributed by atoms with Gasteiger partial charge in [-0.2, -0.15) is 0 Å². The molecular formula is C21H23N3O3S. The van der Waals surface area contributed by atoms with Crippen LogP contribution in [0.15, 0.2) is 40.3 Å². The summed E-state index contributed by atoms with van der Waals surface area (Å²) in [4.78, 5) is 28.9. The standard InChI is InChI=1S/C21H23N3O3S/c1-5-23(6-2)18-8-7-16(27-18)12-17-19(25)22-21(28)24(20(17)26)15-10-13(3)9-14(4)11-15/h7-12H,5-6H2,1-4H3,(H,22,25,28). The number of thiocarbonyl (C=S) groups is 1. The summed E-state index contributed by atoms with van der Waals surface area (Å²) in [6.45, 7) is 9.56. The number of carbonyl (C=O) groups is 2. The Bertz CT molecular complexity index is 953. The molecule has 1 aliphatic heterocycles. The lowest BCUT2D eigenvalue weighted by Gasteiger charge is -2.29. The molecule has 1 fully saturated rings. The van der Waals surface area contributed by atoms with Gasteiger partial charge in [-0.25, -0.2) is 0 Å². The minimum absolute atomic E-state index is 0.0202. The number of anilines is 2. The zero-order valence-corrected chi connectivity index (χ0v) is 17.2. The van der Waals surface area contributed by atoms with Crippen LogP contribution in [0.1, 0.15) is 30.7 Å². The summed E-state index contributed by atoms with van der Waals surface area (Å²) in [7, 11) is 0. The molecule has 3 rings (SSSR count). The molecule has 1 aliphatic rings. The number of furan rings is 1. The number of hydrogen-bond acceptors (Lipinski definition) is 5. The highest BCUT2D eigenvalue weighted by Gasteiger charge is 2.35. The van der Waals surface area contributed by atoms with Crippen LogP contribution in [0.2, 0.25) is 0 Å². The molecule has 0 atom stereocenters. The molecule has 0 bridgehead atoms. The molecule has 146 valence electrons. The monoisotopic (exact) mass is 397 g/mol. The number of rotatable bonds is 5. The quantitative estimate of drug-likeness (QED) is 0.475. The number of amides is 2. The summed E-state index contributed by atoms with van der Waals surface area (Å²) < 4.78 is 5.80. The molecule has 6 nitrogen and oxygen atoms in total. The van der Waals surface area contributed by atoms with Gasteiger partial charge in [-0.05, 0) is 75.3 Å². The summed E-state index contributed by atoms with van der Waals surface area (Å²) in [5.41, 5.74) is 2.61. The maximum absolute atomic E-state index is 13.1. The number of hydrogen-bond donors (Lipinski definition) is 1. The van der Waals surface area contributed by atoms with Gasteiger partial charge in [-0.15, -0.1) is 0 Å². The van der Waals surface area contributed by atoms with Gasteiger partial charge in [0.25, 0.3) is 11.8 Å². The predicted octanol–water partition coefficient (Wildman–Crippen LogP) is 3.57. The molecule has 2 aromatic rings. The zero-order chi connectivity index (χ0) is 20.4. The summed E-state index contributed by atoms with van der Waals surface area (Å²) in [6, 6.07) is 9.30. The van der Waals surface area contributed by atoms with E-state index >= 15 is 0 Å². The van der Waals surface area contributed by atoms with Gasteiger partial charge in [-0.3, -0.25) is 19.8 Å². The third-order valence-corrected chi connectivity index (χ3v) is 4.83. The van der Waals surface area contributed by atoms with E-state index in [1.807, 2.05) is 56.9 Å². The van der Waals surface area contributed by atoms with Crippen LogP contribution in [-0.2, 0) is 9.59 Å². The number of carbonyl (C=O) groups excluding carboxylic acids is 2. The van der Waals surface area contributed by atoms with E-state index < -0.39 is 11.8 Å². The average Bonchev–Trinajstić information content (AvgIpc) is 3.07. The lowest BCUT2D eigenvalue weighted by molar-refractivity contribution is -0.122. The summed E-state index contributed by atoms with van der Waals surface area (Å²) >= 11 is 5.25. The molecule has 28 heavy (non-hydrogen) atoms. The molecule has 0 spiro atoms. The van der Waals surface area contributed by atoms with E-state index in [2.05, 4.69) is 5.32 Å². The van der Waals surface area contributed by atoms with E-state index in [0.29, 0.717) is 17.3 Å². The van der Waals surface area contributed by atoms with Crippen molar-refractivity contribution < 1.29 is 14.0 Å². The van der Waals surface area contributed by atoms with Crippen molar-refractivity contribution >= 4 is 46.8 Å². The Kier molecular flexibility index (Phi) is 5.65. The van der Waals surface area contributed by atoms with Gasteiger partial charge in [0.1, 0.15) is 11.3 Å². The van der Waals surface area contributed by atoms with E-state index in [9.17, 15) is 9.59 Å². The first kappa shape index (κ1) is 19.8. The number of nitrogens with one attached hydrogen (secondary N) is 1. The molecule has 2 amide bonds. The van der Waals surface area contributed by atoms with Crippen LogP contribution in [-0.4, -0.2) is 30.0 Å². The Morgan fingerprint density at radius 1 is 1.11 bits per heavy atom. The van der Waals surface area contributed by atoms with Crippen LogP contribution >= 0.6 is 12.2 Å². The molecule has 7 heteroatoms. The Balaban J connectivity index is 1.97. The highest BCUT2D eigenvalue weighted by molar-refractivity contribution is 7.80.